The number of carbonyl (C=O) groups excluding carboxylic acids is 1. The normalized spacial score (nSPS) is 12.5. The number of hydrogen-bond donors (Lipinski definition) is 1. The largest absolute Gasteiger partial charge is 0.355 e. The molecule has 4 heteroatoms. The lowest BCUT2D eigenvalue weighted by Crippen LogP contribution is -2.26. The van der Waals surface area contributed by atoms with Crippen molar-refractivity contribution in [3.05, 3.63) is 0 Å². The fourth-order valence-corrected chi connectivity index (χ4v) is 1.46. The van der Waals surface area contributed by atoms with E-state index >= 15 is 0 Å². The quantitative estimate of drug-likeness (QED) is 0.529. The standard InChI is InChI=1S/C9H18ClNOS/c1-8(6-10)4-3-5-11-9(12)7-13-2/h8H,3-7H2,1-2H3,(H,11,12). The third-order valence-corrected chi connectivity index (χ3v) is 2.81. The van der Waals surface area contributed by atoms with Gasteiger partial charge in [-0.3, -0.25) is 4.79 Å². The minimum Gasteiger partial charge on any atom is -0.355 e. The van der Waals surface area contributed by atoms with Gasteiger partial charge in [-0.05, 0) is 25.0 Å². The molecule has 0 aromatic carbocycles. The van der Waals surface area contributed by atoms with E-state index in [0.29, 0.717) is 17.6 Å². The van der Waals surface area contributed by atoms with Gasteiger partial charge >= 0.3 is 0 Å². The topological polar surface area (TPSA) is 29.1 Å². The number of halogens is 1. The molecular weight excluding hydrogens is 206 g/mol. The smallest absolute Gasteiger partial charge is 0.229 e. The molecule has 0 fully saturated rings. The van der Waals surface area contributed by atoms with Crippen LogP contribution in [-0.4, -0.2) is 30.3 Å². The van der Waals surface area contributed by atoms with Crippen LogP contribution in [0.3, 0.4) is 0 Å². The minimum atomic E-state index is 0.131. The molecule has 0 aromatic heterocycles. The van der Waals surface area contributed by atoms with Crippen LogP contribution in [0.4, 0.5) is 0 Å². The molecule has 78 valence electrons. The van der Waals surface area contributed by atoms with Gasteiger partial charge < -0.3 is 5.32 Å². The Morgan fingerprint density at radius 3 is 2.85 bits per heavy atom. The van der Waals surface area contributed by atoms with Crippen molar-refractivity contribution in [1.29, 1.82) is 0 Å². The molecule has 0 aliphatic carbocycles. The fraction of sp³-hybridized carbons (Fsp3) is 0.889. The van der Waals surface area contributed by atoms with Crippen LogP contribution in [-0.2, 0) is 4.79 Å². The van der Waals surface area contributed by atoms with Crippen LogP contribution in [0.5, 0.6) is 0 Å². The molecule has 0 aromatic rings. The van der Waals surface area contributed by atoms with Gasteiger partial charge in [0.05, 0.1) is 5.75 Å². The SMILES string of the molecule is CSCC(=O)NCCCC(C)CCl. The average molecular weight is 224 g/mol. The highest BCUT2D eigenvalue weighted by atomic mass is 35.5. The van der Waals surface area contributed by atoms with Gasteiger partial charge in [0.1, 0.15) is 0 Å². The summed E-state index contributed by atoms with van der Waals surface area (Å²) in [5.41, 5.74) is 0. The van der Waals surface area contributed by atoms with Crippen LogP contribution < -0.4 is 5.32 Å². The third-order valence-electron chi connectivity index (χ3n) is 1.73. The summed E-state index contributed by atoms with van der Waals surface area (Å²) in [5, 5.41) is 2.86. The lowest BCUT2D eigenvalue weighted by atomic mass is 10.1. The van der Waals surface area contributed by atoms with Crippen molar-refractivity contribution in [3.8, 4) is 0 Å². The lowest BCUT2D eigenvalue weighted by Gasteiger charge is -2.07. The van der Waals surface area contributed by atoms with Crippen LogP contribution in [0, 0.1) is 5.92 Å². The number of carbonyl (C=O) groups is 1. The first kappa shape index (κ1) is 13.1. The molecule has 1 atom stereocenters. The molecule has 1 amide bonds. The molecule has 0 spiro atoms. The van der Waals surface area contributed by atoms with Gasteiger partial charge in [0.25, 0.3) is 0 Å². The Morgan fingerprint density at radius 2 is 2.31 bits per heavy atom. The molecule has 0 saturated carbocycles. The number of amides is 1. The minimum absolute atomic E-state index is 0.131. The van der Waals surface area contributed by atoms with E-state index in [1.165, 1.54) is 0 Å². The van der Waals surface area contributed by atoms with Crippen molar-refractivity contribution < 1.29 is 4.79 Å². The Labute approximate surface area is 89.8 Å². The summed E-state index contributed by atoms with van der Waals surface area (Å²) in [6.07, 6.45) is 4.03. The first-order valence-corrected chi connectivity index (χ1v) is 6.45. The van der Waals surface area contributed by atoms with Gasteiger partial charge in [0.15, 0.2) is 0 Å². The summed E-state index contributed by atoms with van der Waals surface area (Å²) in [6.45, 7) is 2.90. The van der Waals surface area contributed by atoms with Crippen molar-refractivity contribution in [1.82, 2.24) is 5.32 Å². The third kappa shape index (κ3) is 8.44. The summed E-state index contributed by atoms with van der Waals surface area (Å²) in [5.74, 6) is 1.95. The van der Waals surface area contributed by atoms with E-state index in [1.54, 1.807) is 11.8 Å². The first-order chi connectivity index (χ1) is 6.20. The summed E-state index contributed by atoms with van der Waals surface area (Å²) in [7, 11) is 0. The predicted molar refractivity (Wildman–Crippen MR) is 60.5 cm³/mol. The van der Waals surface area contributed by atoms with E-state index in [1.807, 2.05) is 6.26 Å². The maximum absolute atomic E-state index is 11.0. The Kier molecular flexibility index (Phi) is 8.77. The molecule has 13 heavy (non-hydrogen) atoms. The van der Waals surface area contributed by atoms with Gasteiger partial charge in [0.2, 0.25) is 5.91 Å². The van der Waals surface area contributed by atoms with Crippen molar-refractivity contribution in [2.45, 2.75) is 19.8 Å². The second-order valence-electron chi connectivity index (χ2n) is 3.18. The average Bonchev–Trinajstić information content (AvgIpc) is 2.12. The zero-order valence-electron chi connectivity index (χ0n) is 8.31. The molecule has 2 nitrogen and oxygen atoms in total. The van der Waals surface area contributed by atoms with E-state index in [2.05, 4.69) is 12.2 Å². The van der Waals surface area contributed by atoms with Crippen LogP contribution in [0.1, 0.15) is 19.8 Å². The molecule has 1 unspecified atom stereocenters. The summed E-state index contributed by atoms with van der Waals surface area (Å²) in [6, 6.07) is 0. The van der Waals surface area contributed by atoms with Crippen LogP contribution in [0.25, 0.3) is 0 Å². The number of thioether (sulfide) groups is 1. The zero-order valence-corrected chi connectivity index (χ0v) is 9.88. The molecule has 0 aliphatic rings. The van der Waals surface area contributed by atoms with Crippen molar-refractivity contribution in [2.24, 2.45) is 5.92 Å². The van der Waals surface area contributed by atoms with Crippen LogP contribution in [0.2, 0.25) is 0 Å². The zero-order chi connectivity index (χ0) is 10.1. The maximum Gasteiger partial charge on any atom is 0.229 e. The van der Waals surface area contributed by atoms with Crippen LogP contribution >= 0.6 is 23.4 Å². The Balaban J connectivity index is 3.20. The van der Waals surface area contributed by atoms with E-state index in [-0.39, 0.29) is 5.91 Å². The molecule has 1 N–H and O–H groups in total. The first-order valence-electron chi connectivity index (χ1n) is 4.52. The Morgan fingerprint density at radius 1 is 1.62 bits per heavy atom. The number of rotatable bonds is 7. The number of alkyl halides is 1. The molecule has 0 saturated heterocycles. The maximum atomic E-state index is 11.0. The van der Waals surface area contributed by atoms with Gasteiger partial charge in [-0.25, -0.2) is 0 Å². The van der Waals surface area contributed by atoms with Gasteiger partial charge in [-0.1, -0.05) is 6.92 Å². The second kappa shape index (κ2) is 8.70. The second-order valence-corrected chi connectivity index (χ2v) is 4.36. The Hall–Kier alpha value is 0.110. The number of hydrogen-bond acceptors (Lipinski definition) is 2. The highest BCUT2D eigenvalue weighted by Crippen LogP contribution is 2.05. The van der Waals surface area contributed by atoms with Crippen molar-refractivity contribution >= 4 is 29.3 Å². The monoisotopic (exact) mass is 223 g/mol. The molecule has 0 aliphatic heterocycles. The van der Waals surface area contributed by atoms with Gasteiger partial charge in [-0.15, -0.1) is 11.6 Å². The predicted octanol–water partition coefficient (Wildman–Crippen LogP) is 2.12. The van der Waals surface area contributed by atoms with E-state index in [0.717, 1.165) is 19.4 Å². The molecule has 0 heterocycles. The van der Waals surface area contributed by atoms with E-state index in [4.69, 9.17) is 11.6 Å². The van der Waals surface area contributed by atoms with E-state index in [9.17, 15) is 4.79 Å². The van der Waals surface area contributed by atoms with Crippen molar-refractivity contribution in [3.63, 3.8) is 0 Å². The summed E-state index contributed by atoms with van der Waals surface area (Å²) in [4.78, 5) is 11.0. The fourth-order valence-electron chi connectivity index (χ4n) is 0.938. The van der Waals surface area contributed by atoms with Gasteiger partial charge in [-0.2, -0.15) is 11.8 Å². The van der Waals surface area contributed by atoms with Crippen molar-refractivity contribution in [2.75, 3.05) is 24.4 Å². The molecule has 0 rings (SSSR count). The Bertz CT molecular complexity index is 144. The molecule has 0 radical (unpaired) electrons. The number of nitrogens with one attached hydrogen (secondary N) is 1. The van der Waals surface area contributed by atoms with Crippen LogP contribution in [0.15, 0.2) is 0 Å². The van der Waals surface area contributed by atoms with E-state index < -0.39 is 0 Å². The molecular formula is C9H18ClNOS. The lowest BCUT2D eigenvalue weighted by molar-refractivity contribution is -0.118. The highest BCUT2D eigenvalue weighted by Gasteiger charge is 2.01. The molecule has 0 bridgehead atoms. The van der Waals surface area contributed by atoms with Gasteiger partial charge in [0, 0.05) is 12.4 Å². The summed E-state index contributed by atoms with van der Waals surface area (Å²) >= 11 is 7.20. The highest BCUT2D eigenvalue weighted by molar-refractivity contribution is 7.99. The summed E-state index contributed by atoms with van der Waals surface area (Å²) < 4.78 is 0.